The van der Waals surface area contributed by atoms with Crippen molar-refractivity contribution in [1.82, 2.24) is 5.32 Å². The molecule has 0 heterocycles. The third kappa shape index (κ3) is 3.11. The summed E-state index contributed by atoms with van der Waals surface area (Å²) in [6.07, 6.45) is 5.32. The van der Waals surface area contributed by atoms with E-state index in [2.05, 4.69) is 27.2 Å². The predicted molar refractivity (Wildman–Crippen MR) is 69.3 cm³/mol. The quantitative estimate of drug-likeness (QED) is 0.829. The first-order valence-electron chi connectivity index (χ1n) is 4.92. The van der Waals surface area contributed by atoms with Gasteiger partial charge in [0.05, 0.1) is 5.54 Å². The van der Waals surface area contributed by atoms with Crippen molar-refractivity contribution in [2.24, 2.45) is 0 Å². The van der Waals surface area contributed by atoms with Crippen molar-refractivity contribution in [3.05, 3.63) is 33.8 Å². The topological polar surface area (TPSA) is 29.1 Å². The van der Waals surface area contributed by atoms with Gasteiger partial charge in [-0.15, -0.1) is 6.42 Å². The first-order valence-corrected chi connectivity index (χ1v) is 5.71. The summed E-state index contributed by atoms with van der Waals surface area (Å²) in [6.45, 7) is 5.47. The van der Waals surface area contributed by atoms with Gasteiger partial charge in [0.25, 0.3) is 5.91 Å². The summed E-state index contributed by atoms with van der Waals surface area (Å²) in [5, 5.41) is 2.79. The molecule has 0 saturated carbocycles. The Balaban J connectivity index is 2.95. The molecule has 0 fully saturated rings. The molecular weight excluding hydrogens is 266 g/mol. The van der Waals surface area contributed by atoms with Crippen molar-refractivity contribution in [3.8, 4) is 12.3 Å². The molecule has 0 bridgehead atoms. The second-order valence-electron chi connectivity index (χ2n) is 4.18. The first kappa shape index (κ1) is 12.8. The van der Waals surface area contributed by atoms with Gasteiger partial charge in [0, 0.05) is 10.0 Å². The number of hydrogen-bond acceptors (Lipinski definition) is 1. The Bertz CT molecular complexity index is 457. The molecule has 0 atom stereocenters. The number of terminal acetylenes is 1. The Kier molecular flexibility index (Phi) is 3.77. The van der Waals surface area contributed by atoms with Crippen LogP contribution in [0.3, 0.4) is 0 Å². The highest BCUT2D eigenvalue weighted by Gasteiger charge is 2.19. The van der Waals surface area contributed by atoms with Crippen molar-refractivity contribution in [2.45, 2.75) is 26.3 Å². The largest absolute Gasteiger partial charge is 0.336 e. The third-order valence-corrected chi connectivity index (χ3v) is 2.71. The zero-order valence-corrected chi connectivity index (χ0v) is 11.2. The number of halogens is 1. The second-order valence-corrected chi connectivity index (χ2v) is 5.10. The van der Waals surface area contributed by atoms with Crippen molar-refractivity contribution >= 4 is 21.8 Å². The summed E-state index contributed by atoms with van der Waals surface area (Å²) in [5.41, 5.74) is 0.933. The number of rotatable bonds is 2. The average molecular weight is 280 g/mol. The zero-order chi connectivity index (χ0) is 12.3. The molecule has 1 rings (SSSR count). The average Bonchev–Trinajstić information content (AvgIpc) is 2.16. The molecule has 0 saturated heterocycles. The highest BCUT2D eigenvalue weighted by Crippen LogP contribution is 2.16. The number of hydrogen-bond donors (Lipinski definition) is 1. The van der Waals surface area contributed by atoms with E-state index in [0.717, 1.165) is 10.0 Å². The zero-order valence-electron chi connectivity index (χ0n) is 9.60. The first-order chi connectivity index (χ1) is 7.35. The van der Waals surface area contributed by atoms with Crippen molar-refractivity contribution in [3.63, 3.8) is 0 Å². The monoisotopic (exact) mass is 279 g/mol. The molecule has 0 radical (unpaired) electrons. The van der Waals surface area contributed by atoms with E-state index < -0.39 is 5.54 Å². The van der Waals surface area contributed by atoms with Gasteiger partial charge in [-0.1, -0.05) is 21.9 Å². The molecule has 1 amide bonds. The molecule has 0 aliphatic carbocycles. The van der Waals surface area contributed by atoms with Crippen LogP contribution in [0.1, 0.15) is 29.8 Å². The fraction of sp³-hybridized carbons (Fsp3) is 0.308. The van der Waals surface area contributed by atoms with Gasteiger partial charge in [-0.05, 0) is 44.5 Å². The van der Waals surface area contributed by atoms with Crippen LogP contribution in [0.15, 0.2) is 22.7 Å². The smallest absolute Gasteiger partial charge is 0.252 e. The minimum absolute atomic E-state index is 0.145. The Hall–Kier alpha value is -1.27. The van der Waals surface area contributed by atoms with E-state index >= 15 is 0 Å². The molecule has 2 nitrogen and oxygen atoms in total. The van der Waals surface area contributed by atoms with Crippen LogP contribution in [0.2, 0.25) is 0 Å². The lowest BCUT2D eigenvalue weighted by molar-refractivity contribution is 0.0929. The van der Waals surface area contributed by atoms with Gasteiger partial charge in [0.15, 0.2) is 0 Å². The highest BCUT2D eigenvalue weighted by molar-refractivity contribution is 9.10. The molecule has 3 heteroatoms. The van der Waals surface area contributed by atoms with E-state index in [1.165, 1.54) is 0 Å². The molecule has 0 aliphatic heterocycles. The number of aryl methyl sites for hydroxylation is 1. The highest BCUT2D eigenvalue weighted by atomic mass is 79.9. The molecule has 1 aromatic carbocycles. The fourth-order valence-corrected chi connectivity index (χ4v) is 1.74. The summed E-state index contributed by atoms with van der Waals surface area (Å²) < 4.78 is 0.956. The van der Waals surface area contributed by atoms with Crippen LogP contribution in [0.25, 0.3) is 0 Å². The maximum absolute atomic E-state index is 11.9. The van der Waals surface area contributed by atoms with Crippen molar-refractivity contribution in [1.29, 1.82) is 0 Å². The van der Waals surface area contributed by atoms with E-state index in [1.54, 1.807) is 19.9 Å². The minimum atomic E-state index is -0.628. The maximum atomic E-state index is 11.9. The molecule has 84 valence electrons. The van der Waals surface area contributed by atoms with Gasteiger partial charge < -0.3 is 5.32 Å². The number of amides is 1. The maximum Gasteiger partial charge on any atom is 0.252 e. The van der Waals surface area contributed by atoms with Gasteiger partial charge in [-0.3, -0.25) is 4.79 Å². The Morgan fingerprint density at radius 3 is 2.62 bits per heavy atom. The van der Waals surface area contributed by atoms with Gasteiger partial charge in [0.2, 0.25) is 0 Å². The molecule has 0 aromatic heterocycles. The van der Waals surface area contributed by atoms with Crippen LogP contribution in [-0.4, -0.2) is 11.4 Å². The van der Waals surface area contributed by atoms with Crippen LogP contribution >= 0.6 is 15.9 Å². The molecule has 1 aromatic rings. The lowest BCUT2D eigenvalue weighted by Gasteiger charge is -2.20. The number of carbonyl (C=O) groups excluding carboxylic acids is 1. The van der Waals surface area contributed by atoms with Crippen LogP contribution in [0.5, 0.6) is 0 Å². The Morgan fingerprint density at radius 1 is 1.50 bits per heavy atom. The molecular formula is C13H14BrNO. The fourth-order valence-electron chi connectivity index (χ4n) is 1.27. The molecule has 16 heavy (non-hydrogen) atoms. The summed E-state index contributed by atoms with van der Waals surface area (Å²) in [6, 6.07) is 5.52. The molecule has 0 aliphatic rings. The SMILES string of the molecule is C#CC(C)(C)NC(=O)c1ccc(Br)cc1C. The lowest BCUT2D eigenvalue weighted by Crippen LogP contribution is -2.42. The molecule has 0 unspecified atom stereocenters. The second kappa shape index (κ2) is 4.71. The summed E-state index contributed by atoms with van der Waals surface area (Å²) in [4.78, 5) is 11.9. The summed E-state index contributed by atoms with van der Waals surface area (Å²) >= 11 is 3.36. The Morgan fingerprint density at radius 2 is 2.12 bits per heavy atom. The lowest BCUT2D eigenvalue weighted by atomic mass is 10.0. The van der Waals surface area contributed by atoms with Crippen LogP contribution in [-0.2, 0) is 0 Å². The van der Waals surface area contributed by atoms with E-state index in [-0.39, 0.29) is 5.91 Å². The summed E-state index contributed by atoms with van der Waals surface area (Å²) in [5.74, 6) is 2.39. The van der Waals surface area contributed by atoms with E-state index in [1.807, 2.05) is 19.1 Å². The summed E-state index contributed by atoms with van der Waals surface area (Å²) in [7, 11) is 0. The van der Waals surface area contributed by atoms with Crippen LogP contribution < -0.4 is 5.32 Å². The van der Waals surface area contributed by atoms with E-state index in [4.69, 9.17) is 6.42 Å². The van der Waals surface area contributed by atoms with Crippen LogP contribution in [0, 0.1) is 19.3 Å². The van der Waals surface area contributed by atoms with Gasteiger partial charge in [-0.2, -0.15) is 0 Å². The number of nitrogens with one attached hydrogen (secondary N) is 1. The number of benzene rings is 1. The normalized spacial score (nSPS) is 10.7. The van der Waals surface area contributed by atoms with Gasteiger partial charge in [-0.25, -0.2) is 0 Å². The van der Waals surface area contributed by atoms with Crippen molar-refractivity contribution < 1.29 is 4.79 Å². The van der Waals surface area contributed by atoms with Crippen molar-refractivity contribution in [2.75, 3.05) is 0 Å². The third-order valence-electron chi connectivity index (χ3n) is 2.22. The van der Waals surface area contributed by atoms with Gasteiger partial charge in [0.1, 0.15) is 0 Å². The predicted octanol–water partition coefficient (Wildman–Crippen LogP) is 2.90. The Labute approximate surface area is 105 Å². The van der Waals surface area contributed by atoms with Gasteiger partial charge >= 0.3 is 0 Å². The number of carbonyl (C=O) groups is 1. The molecule has 0 spiro atoms. The standard InChI is InChI=1S/C13H14BrNO/c1-5-13(3,4)15-12(16)11-7-6-10(14)8-9(11)2/h1,6-8H,2-4H3,(H,15,16). The minimum Gasteiger partial charge on any atom is -0.336 e. The van der Waals surface area contributed by atoms with E-state index in [0.29, 0.717) is 5.56 Å². The van der Waals surface area contributed by atoms with Crippen LogP contribution in [0.4, 0.5) is 0 Å². The molecule has 1 N–H and O–H groups in total. The van der Waals surface area contributed by atoms with E-state index in [9.17, 15) is 4.79 Å².